The van der Waals surface area contributed by atoms with Crippen LogP contribution in [0.2, 0.25) is 5.15 Å². The molecule has 1 heterocycles. The fourth-order valence-corrected chi connectivity index (χ4v) is 2.34. The van der Waals surface area contributed by atoms with E-state index < -0.39 is 5.97 Å². The Hall–Kier alpha value is -1.59. The summed E-state index contributed by atoms with van der Waals surface area (Å²) in [6.45, 7) is 0. The summed E-state index contributed by atoms with van der Waals surface area (Å²) in [7, 11) is 0. The smallest absolute Gasteiger partial charge is 0.307 e. The zero-order chi connectivity index (χ0) is 13.7. The van der Waals surface area contributed by atoms with Crippen LogP contribution in [0.3, 0.4) is 0 Å². The molecule has 0 radical (unpaired) electrons. The first-order valence-corrected chi connectivity index (χ1v) is 6.90. The molecule has 98 valence electrons. The molecule has 0 fully saturated rings. The molecule has 0 saturated heterocycles. The lowest BCUT2D eigenvalue weighted by Crippen LogP contribution is -1.99. The summed E-state index contributed by atoms with van der Waals surface area (Å²) in [6.07, 6.45) is 3.22. The predicted molar refractivity (Wildman–Crippen MR) is 74.4 cm³/mol. The quantitative estimate of drug-likeness (QED) is 0.859. The molecule has 2 rings (SSSR count). The molecular weight excluding hydrogens is 284 g/mol. The van der Waals surface area contributed by atoms with Crippen molar-refractivity contribution in [2.24, 2.45) is 0 Å². The molecule has 19 heavy (non-hydrogen) atoms. The van der Waals surface area contributed by atoms with Crippen molar-refractivity contribution in [2.75, 3.05) is 0 Å². The lowest BCUT2D eigenvalue weighted by Gasteiger charge is -2.02. The lowest BCUT2D eigenvalue weighted by atomic mass is 10.2. The molecule has 1 aromatic heterocycles. The number of aliphatic carboxylic acids is 1. The topological polar surface area (TPSA) is 63.1 Å². The third-order valence-electron chi connectivity index (χ3n) is 2.34. The van der Waals surface area contributed by atoms with E-state index in [9.17, 15) is 4.79 Å². The monoisotopic (exact) mass is 294 g/mol. The third kappa shape index (κ3) is 4.54. The average Bonchev–Trinajstić information content (AvgIpc) is 2.39. The van der Waals surface area contributed by atoms with Gasteiger partial charge in [-0.1, -0.05) is 23.7 Å². The number of carboxylic acid groups (broad SMARTS) is 1. The highest BCUT2D eigenvalue weighted by molar-refractivity contribution is 7.98. The number of hydrogen-bond acceptors (Lipinski definition) is 4. The predicted octanol–water partition coefficient (Wildman–Crippen LogP) is 3.05. The van der Waals surface area contributed by atoms with Gasteiger partial charge in [0.25, 0.3) is 0 Å². The van der Waals surface area contributed by atoms with Crippen LogP contribution < -0.4 is 0 Å². The van der Waals surface area contributed by atoms with Gasteiger partial charge in [-0.2, -0.15) is 0 Å². The molecule has 0 aliphatic rings. The van der Waals surface area contributed by atoms with Gasteiger partial charge in [-0.15, -0.1) is 11.8 Å². The number of rotatable bonds is 5. The van der Waals surface area contributed by atoms with Gasteiger partial charge in [-0.05, 0) is 17.7 Å². The average molecular weight is 295 g/mol. The van der Waals surface area contributed by atoms with Gasteiger partial charge in [0.1, 0.15) is 5.15 Å². The summed E-state index contributed by atoms with van der Waals surface area (Å²) >= 11 is 7.27. The molecule has 0 amide bonds. The molecule has 0 spiro atoms. The Morgan fingerprint density at radius 2 is 1.95 bits per heavy atom. The van der Waals surface area contributed by atoms with Gasteiger partial charge in [0.05, 0.1) is 24.5 Å². The van der Waals surface area contributed by atoms with Crippen LogP contribution in [0.15, 0.2) is 41.6 Å². The van der Waals surface area contributed by atoms with Crippen LogP contribution in [0, 0.1) is 0 Å². The van der Waals surface area contributed by atoms with Crippen molar-refractivity contribution < 1.29 is 9.90 Å². The van der Waals surface area contributed by atoms with Crippen LogP contribution in [-0.4, -0.2) is 21.0 Å². The normalized spacial score (nSPS) is 10.4. The van der Waals surface area contributed by atoms with Crippen molar-refractivity contribution >= 4 is 29.3 Å². The number of hydrogen-bond donors (Lipinski definition) is 1. The van der Waals surface area contributed by atoms with E-state index in [1.807, 2.05) is 24.3 Å². The summed E-state index contributed by atoms with van der Waals surface area (Å²) in [4.78, 5) is 19.7. The number of aromatic nitrogens is 2. The van der Waals surface area contributed by atoms with E-state index in [-0.39, 0.29) is 6.42 Å². The molecule has 6 heteroatoms. The number of carboxylic acids is 1. The second kappa shape index (κ2) is 6.54. The minimum Gasteiger partial charge on any atom is -0.481 e. The number of thioether (sulfide) groups is 1. The van der Waals surface area contributed by atoms with Crippen LogP contribution in [0.1, 0.15) is 11.3 Å². The van der Waals surface area contributed by atoms with Crippen LogP contribution >= 0.6 is 23.4 Å². The van der Waals surface area contributed by atoms with E-state index in [0.29, 0.717) is 10.9 Å². The van der Waals surface area contributed by atoms with Crippen LogP contribution in [0.25, 0.3) is 0 Å². The van der Waals surface area contributed by atoms with Gasteiger partial charge in [0, 0.05) is 10.6 Å². The van der Waals surface area contributed by atoms with Crippen LogP contribution in [0.5, 0.6) is 0 Å². The van der Waals surface area contributed by atoms with E-state index in [1.54, 1.807) is 18.0 Å². The van der Waals surface area contributed by atoms with Crippen molar-refractivity contribution in [3.63, 3.8) is 0 Å². The van der Waals surface area contributed by atoms with Gasteiger partial charge in [-0.3, -0.25) is 9.78 Å². The molecule has 1 aromatic carbocycles. The minimum absolute atomic E-state index is 0.0492. The van der Waals surface area contributed by atoms with Crippen molar-refractivity contribution in [1.29, 1.82) is 0 Å². The van der Waals surface area contributed by atoms with Crippen molar-refractivity contribution in [3.05, 3.63) is 53.1 Å². The Morgan fingerprint density at radius 1 is 1.21 bits per heavy atom. The highest BCUT2D eigenvalue weighted by Gasteiger charge is 2.02. The molecule has 4 nitrogen and oxygen atoms in total. The van der Waals surface area contributed by atoms with E-state index in [0.717, 1.165) is 16.2 Å². The summed E-state index contributed by atoms with van der Waals surface area (Å²) in [5.41, 5.74) is 1.65. The Labute approximate surface area is 119 Å². The maximum atomic E-state index is 10.6. The Balaban J connectivity index is 1.92. The van der Waals surface area contributed by atoms with Crippen LogP contribution in [-0.2, 0) is 17.0 Å². The SMILES string of the molecule is O=C(O)Cc1ccc(SCc2cnc(Cl)cn2)cc1. The Bertz CT molecular complexity index is 558. The second-order valence-corrected chi connectivity index (χ2v) is 5.27. The summed E-state index contributed by atoms with van der Waals surface area (Å²) in [5.74, 6) is -0.125. The molecule has 0 aliphatic heterocycles. The summed E-state index contributed by atoms with van der Waals surface area (Å²) in [5, 5.41) is 9.06. The van der Waals surface area contributed by atoms with Crippen LogP contribution in [0.4, 0.5) is 0 Å². The van der Waals surface area contributed by atoms with Gasteiger partial charge in [0.2, 0.25) is 0 Å². The van der Waals surface area contributed by atoms with E-state index in [4.69, 9.17) is 16.7 Å². The molecule has 0 saturated carbocycles. The number of nitrogens with zero attached hydrogens (tertiary/aromatic N) is 2. The molecule has 1 N–H and O–H groups in total. The highest BCUT2D eigenvalue weighted by Crippen LogP contribution is 2.22. The first-order valence-electron chi connectivity index (χ1n) is 5.53. The molecule has 2 aromatic rings. The van der Waals surface area contributed by atoms with Crippen molar-refractivity contribution in [2.45, 2.75) is 17.1 Å². The van der Waals surface area contributed by atoms with E-state index in [1.165, 1.54) is 6.20 Å². The van der Waals surface area contributed by atoms with Crippen molar-refractivity contribution in [3.8, 4) is 0 Å². The first-order chi connectivity index (χ1) is 9.13. The molecule has 0 unspecified atom stereocenters. The Morgan fingerprint density at radius 3 is 2.53 bits per heavy atom. The van der Waals surface area contributed by atoms with Gasteiger partial charge < -0.3 is 5.11 Å². The molecule has 0 aliphatic carbocycles. The largest absolute Gasteiger partial charge is 0.481 e. The maximum absolute atomic E-state index is 10.6. The van der Waals surface area contributed by atoms with Gasteiger partial charge in [-0.25, -0.2) is 4.98 Å². The van der Waals surface area contributed by atoms with Gasteiger partial charge in [0.15, 0.2) is 0 Å². The maximum Gasteiger partial charge on any atom is 0.307 e. The fourth-order valence-electron chi connectivity index (χ4n) is 1.45. The lowest BCUT2D eigenvalue weighted by molar-refractivity contribution is -0.136. The highest BCUT2D eigenvalue weighted by atomic mass is 35.5. The Kier molecular flexibility index (Phi) is 4.76. The summed E-state index contributed by atoms with van der Waals surface area (Å²) < 4.78 is 0. The minimum atomic E-state index is -0.822. The standard InChI is InChI=1S/C13H11ClN2O2S/c14-12-7-15-10(6-16-12)8-19-11-3-1-9(2-4-11)5-13(17)18/h1-4,6-7H,5,8H2,(H,17,18). The number of halogens is 1. The zero-order valence-corrected chi connectivity index (χ0v) is 11.5. The van der Waals surface area contributed by atoms with Crippen molar-refractivity contribution in [1.82, 2.24) is 9.97 Å². The molecule has 0 atom stereocenters. The second-order valence-electron chi connectivity index (χ2n) is 3.83. The third-order valence-corrected chi connectivity index (χ3v) is 3.58. The molecule has 0 bridgehead atoms. The molecular formula is C13H11ClN2O2S. The number of carbonyl (C=O) groups is 1. The summed E-state index contributed by atoms with van der Waals surface area (Å²) in [6, 6.07) is 7.46. The zero-order valence-electron chi connectivity index (χ0n) is 9.91. The van der Waals surface area contributed by atoms with E-state index in [2.05, 4.69) is 9.97 Å². The van der Waals surface area contributed by atoms with Gasteiger partial charge >= 0.3 is 5.97 Å². The first kappa shape index (κ1) is 13.8. The number of benzene rings is 1. The fraction of sp³-hybridized carbons (Fsp3) is 0.154. The van der Waals surface area contributed by atoms with E-state index >= 15 is 0 Å².